The van der Waals surface area contributed by atoms with E-state index in [1.54, 1.807) is 0 Å². The zero-order chi connectivity index (χ0) is 22.0. The fourth-order valence-electron chi connectivity index (χ4n) is 3.33. The Bertz CT molecular complexity index is 1180. The predicted molar refractivity (Wildman–Crippen MR) is 113 cm³/mol. The van der Waals surface area contributed by atoms with Gasteiger partial charge in [-0.1, -0.05) is 6.07 Å². The van der Waals surface area contributed by atoms with E-state index >= 15 is 0 Å². The third-order valence-corrected chi connectivity index (χ3v) is 4.78. The van der Waals surface area contributed by atoms with Crippen molar-refractivity contribution >= 4 is 16.6 Å². The number of halogens is 3. The Morgan fingerprint density at radius 1 is 1.00 bits per heavy atom. The number of hydrogen-bond donors (Lipinski definition) is 2. The standard InChI is InChI=1S/C22H21F3N6/c1-31(2)13-14-7-16(10-26-9-14)15-3-5-19-18(8-15)20(30-29-19)12-27-17-4-6-21(28-11-17)22(23,24)25/h3-11,27H,12-13H2,1-2H3,(H,29,30). The largest absolute Gasteiger partial charge is 0.433 e. The number of nitrogens with one attached hydrogen (secondary N) is 2. The molecule has 0 aliphatic rings. The van der Waals surface area contributed by atoms with Crippen LogP contribution in [0.25, 0.3) is 22.0 Å². The Labute approximate surface area is 177 Å². The summed E-state index contributed by atoms with van der Waals surface area (Å²) in [6, 6.07) is 10.4. The van der Waals surface area contributed by atoms with Crippen molar-refractivity contribution in [3.8, 4) is 11.1 Å². The Morgan fingerprint density at radius 3 is 2.55 bits per heavy atom. The fourth-order valence-corrected chi connectivity index (χ4v) is 3.33. The first kappa shape index (κ1) is 20.8. The van der Waals surface area contributed by atoms with Crippen LogP contribution in [0.4, 0.5) is 18.9 Å². The van der Waals surface area contributed by atoms with E-state index < -0.39 is 11.9 Å². The number of benzene rings is 1. The van der Waals surface area contributed by atoms with E-state index in [-0.39, 0.29) is 0 Å². The van der Waals surface area contributed by atoms with Gasteiger partial charge >= 0.3 is 6.18 Å². The van der Waals surface area contributed by atoms with Gasteiger partial charge < -0.3 is 10.2 Å². The molecule has 0 unspecified atom stereocenters. The predicted octanol–water partition coefficient (Wildman–Crippen LogP) is 4.71. The van der Waals surface area contributed by atoms with E-state index in [0.717, 1.165) is 45.9 Å². The molecule has 2 N–H and O–H groups in total. The number of aromatic nitrogens is 4. The van der Waals surface area contributed by atoms with Gasteiger partial charge in [0.1, 0.15) is 5.69 Å². The van der Waals surface area contributed by atoms with Crippen LogP contribution in [-0.4, -0.2) is 39.2 Å². The molecule has 3 heterocycles. The number of rotatable bonds is 6. The molecule has 0 bridgehead atoms. The summed E-state index contributed by atoms with van der Waals surface area (Å²) >= 11 is 0. The van der Waals surface area contributed by atoms with E-state index in [9.17, 15) is 13.2 Å². The summed E-state index contributed by atoms with van der Waals surface area (Å²) in [5.74, 6) is 0. The highest BCUT2D eigenvalue weighted by Crippen LogP contribution is 2.29. The average molecular weight is 426 g/mol. The maximum atomic E-state index is 12.7. The number of aromatic amines is 1. The Morgan fingerprint density at radius 2 is 1.84 bits per heavy atom. The lowest BCUT2D eigenvalue weighted by Gasteiger charge is -2.11. The molecule has 0 saturated heterocycles. The number of pyridine rings is 2. The molecule has 1 aromatic carbocycles. The first-order valence-electron chi connectivity index (χ1n) is 9.63. The topological polar surface area (TPSA) is 69.7 Å². The van der Waals surface area contributed by atoms with Crippen molar-refractivity contribution in [3.63, 3.8) is 0 Å². The first-order valence-corrected chi connectivity index (χ1v) is 9.63. The zero-order valence-corrected chi connectivity index (χ0v) is 17.0. The maximum Gasteiger partial charge on any atom is 0.433 e. The molecule has 0 aliphatic heterocycles. The Balaban J connectivity index is 1.55. The van der Waals surface area contributed by atoms with E-state index in [0.29, 0.717) is 12.2 Å². The molecule has 6 nitrogen and oxygen atoms in total. The van der Waals surface area contributed by atoms with Crippen LogP contribution in [0.1, 0.15) is 17.0 Å². The number of fused-ring (bicyclic) bond motifs is 1. The smallest absolute Gasteiger partial charge is 0.378 e. The van der Waals surface area contributed by atoms with Gasteiger partial charge in [-0.25, -0.2) is 4.98 Å². The minimum atomic E-state index is -4.45. The van der Waals surface area contributed by atoms with Crippen molar-refractivity contribution in [1.29, 1.82) is 0 Å². The number of alkyl halides is 3. The van der Waals surface area contributed by atoms with Crippen molar-refractivity contribution < 1.29 is 13.2 Å². The SMILES string of the molecule is CN(C)Cc1cncc(-c2ccc3n[nH]c(CNc4ccc(C(F)(F)F)nc4)c3c2)c1. The van der Waals surface area contributed by atoms with Gasteiger partial charge in [0.05, 0.1) is 29.6 Å². The molecule has 0 atom stereocenters. The van der Waals surface area contributed by atoms with E-state index in [2.05, 4.69) is 36.4 Å². The molecule has 0 radical (unpaired) electrons. The second-order valence-electron chi connectivity index (χ2n) is 7.54. The molecule has 9 heteroatoms. The maximum absolute atomic E-state index is 12.7. The van der Waals surface area contributed by atoms with Crippen LogP contribution in [0.5, 0.6) is 0 Å². The molecular formula is C22H21F3N6. The number of hydrogen-bond acceptors (Lipinski definition) is 5. The lowest BCUT2D eigenvalue weighted by Crippen LogP contribution is -2.10. The molecule has 3 aromatic heterocycles. The van der Waals surface area contributed by atoms with Crippen LogP contribution in [0.15, 0.2) is 55.0 Å². The summed E-state index contributed by atoms with van der Waals surface area (Å²) in [5, 5.41) is 11.3. The van der Waals surface area contributed by atoms with Crippen molar-refractivity contribution in [2.45, 2.75) is 19.3 Å². The van der Waals surface area contributed by atoms with Crippen LogP contribution < -0.4 is 5.32 Å². The summed E-state index contributed by atoms with van der Waals surface area (Å²) in [6.45, 7) is 1.16. The van der Waals surface area contributed by atoms with Gasteiger partial charge in [-0.3, -0.25) is 10.1 Å². The molecule has 31 heavy (non-hydrogen) atoms. The minimum absolute atomic E-state index is 0.367. The third-order valence-electron chi connectivity index (χ3n) is 4.78. The quantitative estimate of drug-likeness (QED) is 0.467. The molecule has 0 aliphatic carbocycles. The van der Waals surface area contributed by atoms with Crippen LogP contribution in [0, 0.1) is 0 Å². The summed E-state index contributed by atoms with van der Waals surface area (Å²) < 4.78 is 38.0. The summed E-state index contributed by atoms with van der Waals surface area (Å²) in [7, 11) is 4.02. The second-order valence-corrected chi connectivity index (χ2v) is 7.54. The molecule has 160 valence electrons. The van der Waals surface area contributed by atoms with E-state index in [4.69, 9.17) is 0 Å². The molecule has 4 rings (SSSR count). The minimum Gasteiger partial charge on any atom is -0.378 e. The van der Waals surface area contributed by atoms with Gasteiger partial charge in [0.25, 0.3) is 0 Å². The molecule has 0 spiro atoms. The van der Waals surface area contributed by atoms with Crippen molar-refractivity contribution in [2.24, 2.45) is 0 Å². The monoisotopic (exact) mass is 426 g/mol. The van der Waals surface area contributed by atoms with Crippen molar-refractivity contribution in [2.75, 3.05) is 19.4 Å². The lowest BCUT2D eigenvalue weighted by molar-refractivity contribution is -0.141. The Kier molecular flexibility index (Phi) is 5.60. The zero-order valence-electron chi connectivity index (χ0n) is 17.0. The molecule has 0 fully saturated rings. The summed E-state index contributed by atoms with van der Waals surface area (Å²) in [5.41, 5.74) is 4.35. The average Bonchev–Trinajstić information content (AvgIpc) is 3.14. The highest BCUT2D eigenvalue weighted by atomic mass is 19.4. The highest BCUT2D eigenvalue weighted by Gasteiger charge is 2.32. The van der Waals surface area contributed by atoms with Crippen LogP contribution in [-0.2, 0) is 19.3 Å². The van der Waals surface area contributed by atoms with Crippen LogP contribution in [0.2, 0.25) is 0 Å². The Hall–Kier alpha value is -3.46. The molecular weight excluding hydrogens is 405 g/mol. The van der Waals surface area contributed by atoms with Crippen molar-refractivity contribution in [3.05, 3.63) is 71.9 Å². The van der Waals surface area contributed by atoms with Gasteiger partial charge in [-0.2, -0.15) is 18.3 Å². The molecule has 4 aromatic rings. The number of nitrogens with zero attached hydrogens (tertiary/aromatic N) is 4. The van der Waals surface area contributed by atoms with Crippen LogP contribution in [0.3, 0.4) is 0 Å². The van der Waals surface area contributed by atoms with E-state index in [1.807, 2.05) is 44.7 Å². The van der Waals surface area contributed by atoms with Gasteiger partial charge in [-0.15, -0.1) is 0 Å². The van der Waals surface area contributed by atoms with Gasteiger partial charge in [0.2, 0.25) is 0 Å². The third kappa shape index (κ3) is 4.83. The molecule has 0 amide bonds. The lowest BCUT2D eigenvalue weighted by atomic mass is 10.0. The fraction of sp³-hybridized carbons (Fsp3) is 0.227. The van der Waals surface area contributed by atoms with E-state index in [1.165, 1.54) is 12.3 Å². The molecule has 0 saturated carbocycles. The highest BCUT2D eigenvalue weighted by molar-refractivity contribution is 5.86. The summed E-state index contributed by atoms with van der Waals surface area (Å²) in [4.78, 5) is 9.91. The van der Waals surface area contributed by atoms with Gasteiger partial charge in [0.15, 0.2) is 0 Å². The second kappa shape index (κ2) is 8.35. The summed E-state index contributed by atoms with van der Waals surface area (Å²) in [6.07, 6.45) is 0.404. The van der Waals surface area contributed by atoms with Crippen LogP contribution >= 0.6 is 0 Å². The van der Waals surface area contributed by atoms with Gasteiger partial charge in [-0.05, 0) is 55.6 Å². The normalized spacial score (nSPS) is 11.9. The van der Waals surface area contributed by atoms with Crippen molar-refractivity contribution in [1.82, 2.24) is 25.1 Å². The number of H-pyrrole nitrogens is 1. The number of anilines is 1. The first-order chi connectivity index (χ1) is 14.8. The van der Waals surface area contributed by atoms with Gasteiger partial charge in [0, 0.05) is 29.9 Å².